The van der Waals surface area contributed by atoms with E-state index in [0.29, 0.717) is 10.0 Å². The van der Waals surface area contributed by atoms with Crippen molar-refractivity contribution < 1.29 is 0 Å². The Morgan fingerprint density at radius 2 is 2.41 bits per heavy atom. The first-order valence-electron chi connectivity index (χ1n) is 5.78. The van der Waals surface area contributed by atoms with Gasteiger partial charge in [0.2, 0.25) is 0 Å². The number of rotatable bonds is 4. The Balaban J connectivity index is 1.81. The van der Waals surface area contributed by atoms with Crippen molar-refractivity contribution in [3.05, 3.63) is 21.7 Å². The quantitative estimate of drug-likeness (QED) is 0.840. The lowest BCUT2D eigenvalue weighted by atomic mass is 9.97. The van der Waals surface area contributed by atoms with Gasteiger partial charge in [-0.25, -0.2) is 4.98 Å². The molecule has 1 aliphatic rings. The van der Waals surface area contributed by atoms with Crippen molar-refractivity contribution in [3.63, 3.8) is 0 Å². The molecule has 0 spiro atoms. The largest absolute Gasteiger partial charge is 0.361 e. The number of anilines is 1. The fourth-order valence-electron chi connectivity index (χ4n) is 1.91. The van der Waals surface area contributed by atoms with Crippen LogP contribution >= 0.6 is 22.9 Å². The van der Waals surface area contributed by atoms with Gasteiger partial charge in [-0.05, 0) is 32.1 Å². The highest BCUT2D eigenvalue weighted by Crippen LogP contribution is 2.26. The Morgan fingerprint density at radius 3 is 3.06 bits per heavy atom. The molecule has 17 heavy (non-hydrogen) atoms. The first kappa shape index (κ1) is 12.4. The van der Waals surface area contributed by atoms with Crippen molar-refractivity contribution in [3.8, 4) is 6.07 Å². The standard InChI is InChI=1S/C12H14ClN3S/c13-11-10(8-14)17-12(16-11)15-7-6-9-4-2-1-3-5-9/h4H,1-3,5-7H2,(H,15,16). The summed E-state index contributed by atoms with van der Waals surface area (Å²) in [5.74, 6) is 0. The minimum absolute atomic E-state index is 0.303. The molecule has 0 aromatic carbocycles. The maximum atomic E-state index is 8.76. The lowest BCUT2D eigenvalue weighted by Gasteiger charge is -2.12. The van der Waals surface area contributed by atoms with Gasteiger partial charge in [-0.1, -0.05) is 34.6 Å². The Bertz CT molecular complexity index is 459. The molecule has 5 heteroatoms. The molecular weight excluding hydrogens is 254 g/mol. The topological polar surface area (TPSA) is 48.7 Å². The molecule has 1 aliphatic carbocycles. The molecule has 0 atom stereocenters. The summed E-state index contributed by atoms with van der Waals surface area (Å²) in [6.07, 6.45) is 8.48. The Hall–Kier alpha value is -1.05. The van der Waals surface area contributed by atoms with Crippen molar-refractivity contribution in [1.82, 2.24) is 4.98 Å². The van der Waals surface area contributed by atoms with E-state index in [2.05, 4.69) is 16.4 Å². The minimum Gasteiger partial charge on any atom is -0.361 e. The number of nitrogens with one attached hydrogen (secondary N) is 1. The second kappa shape index (κ2) is 6.04. The summed E-state index contributed by atoms with van der Waals surface area (Å²) >= 11 is 7.11. The monoisotopic (exact) mass is 267 g/mol. The zero-order valence-electron chi connectivity index (χ0n) is 9.50. The van der Waals surface area contributed by atoms with Gasteiger partial charge >= 0.3 is 0 Å². The summed E-state index contributed by atoms with van der Waals surface area (Å²) in [7, 11) is 0. The average Bonchev–Trinajstić information content (AvgIpc) is 2.71. The fraction of sp³-hybridized carbons (Fsp3) is 0.500. The highest BCUT2D eigenvalue weighted by atomic mass is 35.5. The highest BCUT2D eigenvalue weighted by molar-refractivity contribution is 7.16. The van der Waals surface area contributed by atoms with Gasteiger partial charge in [-0.15, -0.1) is 0 Å². The molecule has 0 saturated carbocycles. The zero-order valence-corrected chi connectivity index (χ0v) is 11.1. The number of allylic oxidation sites excluding steroid dienone is 1. The Morgan fingerprint density at radius 1 is 1.53 bits per heavy atom. The molecule has 0 amide bonds. The average molecular weight is 268 g/mol. The van der Waals surface area contributed by atoms with Crippen LogP contribution in [0.4, 0.5) is 5.13 Å². The van der Waals surface area contributed by atoms with E-state index in [0.717, 1.165) is 18.1 Å². The summed E-state index contributed by atoms with van der Waals surface area (Å²) in [5.41, 5.74) is 1.53. The van der Waals surface area contributed by atoms with Gasteiger partial charge in [0, 0.05) is 6.54 Å². The maximum Gasteiger partial charge on any atom is 0.185 e. The van der Waals surface area contributed by atoms with Crippen LogP contribution in [0.2, 0.25) is 5.15 Å². The van der Waals surface area contributed by atoms with E-state index in [4.69, 9.17) is 16.9 Å². The van der Waals surface area contributed by atoms with Gasteiger partial charge < -0.3 is 5.32 Å². The molecule has 0 unspecified atom stereocenters. The first-order chi connectivity index (χ1) is 8.29. The summed E-state index contributed by atoms with van der Waals surface area (Å²) in [6.45, 7) is 0.862. The van der Waals surface area contributed by atoms with Gasteiger partial charge in [-0.2, -0.15) is 5.26 Å². The molecule has 1 aromatic heterocycles. The van der Waals surface area contributed by atoms with Crippen LogP contribution in [0.25, 0.3) is 0 Å². The number of hydrogen-bond acceptors (Lipinski definition) is 4. The Labute approximate surface area is 110 Å². The molecule has 0 radical (unpaired) electrons. The number of thiazole rings is 1. The highest BCUT2D eigenvalue weighted by Gasteiger charge is 2.08. The SMILES string of the molecule is N#Cc1sc(NCCC2=CCCCC2)nc1Cl. The smallest absolute Gasteiger partial charge is 0.185 e. The van der Waals surface area contributed by atoms with Gasteiger partial charge in [0.05, 0.1) is 0 Å². The molecule has 1 aromatic rings. The normalized spacial score (nSPS) is 15.2. The number of nitriles is 1. The van der Waals surface area contributed by atoms with Crippen LogP contribution in [-0.2, 0) is 0 Å². The van der Waals surface area contributed by atoms with Gasteiger partial charge in [0.1, 0.15) is 10.9 Å². The molecule has 1 N–H and O–H groups in total. The fourth-order valence-corrected chi connectivity index (χ4v) is 2.88. The van der Waals surface area contributed by atoms with Crippen LogP contribution in [0.15, 0.2) is 11.6 Å². The van der Waals surface area contributed by atoms with E-state index in [9.17, 15) is 0 Å². The predicted octanol–water partition coefficient (Wildman–Crippen LogP) is 3.97. The van der Waals surface area contributed by atoms with Crippen LogP contribution in [0.5, 0.6) is 0 Å². The van der Waals surface area contributed by atoms with Crippen molar-refractivity contribution in [2.24, 2.45) is 0 Å². The van der Waals surface area contributed by atoms with Crippen molar-refractivity contribution in [1.29, 1.82) is 5.26 Å². The lowest BCUT2D eigenvalue weighted by molar-refractivity contribution is 0.679. The molecule has 0 bridgehead atoms. The van der Waals surface area contributed by atoms with E-state index in [1.165, 1.54) is 42.6 Å². The predicted molar refractivity (Wildman–Crippen MR) is 71.5 cm³/mol. The maximum absolute atomic E-state index is 8.76. The Kier molecular flexibility index (Phi) is 4.41. The molecule has 1 heterocycles. The van der Waals surface area contributed by atoms with Crippen molar-refractivity contribution >= 4 is 28.1 Å². The molecule has 2 rings (SSSR count). The molecule has 0 fully saturated rings. The summed E-state index contributed by atoms with van der Waals surface area (Å²) in [5, 5.41) is 13.0. The van der Waals surface area contributed by atoms with E-state index in [1.807, 2.05) is 6.07 Å². The number of hydrogen-bond donors (Lipinski definition) is 1. The van der Waals surface area contributed by atoms with Crippen molar-refractivity contribution in [2.75, 3.05) is 11.9 Å². The van der Waals surface area contributed by atoms with Crippen LogP contribution < -0.4 is 5.32 Å². The number of aromatic nitrogens is 1. The van der Waals surface area contributed by atoms with E-state index >= 15 is 0 Å². The number of nitrogens with zero attached hydrogens (tertiary/aromatic N) is 2. The van der Waals surface area contributed by atoms with E-state index in [1.54, 1.807) is 0 Å². The van der Waals surface area contributed by atoms with E-state index < -0.39 is 0 Å². The van der Waals surface area contributed by atoms with Crippen LogP contribution in [0.1, 0.15) is 37.0 Å². The minimum atomic E-state index is 0.303. The first-order valence-corrected chi connectivity index (χ1v) is 6.97. The second-order valence-electron chi connectivity index (χ2n) is 4.04. The molecule has 90 valence electrons. The molecule has 3 nitrogen and oxygen atoms in total. The molecule has 0 saturated heterocycles. The summed E-state index contributed by atoms with van der Waals surface area (Å²) in [4.78, 5) is 4.57. The summed E-state index contributed by atoms with van der Waals surface area (Å²) in [6, 6.07) is 2.03. The lowest BCUT2D eigenvalue weighted by Crippen LogP contribution is -2.03. The van der Waals surface area contributed by atoms with Crippen LogP contribution in [0, 0.1) is 11.3 Å². The van der Waals surface area contributed by atoms with Crippen LogP contribution in [-0.4, -0.2) is 11.5 Å². The molecule has 0 aliphatic heterocycles. The van der Waals surface area contributed by atoms with E-state index in [-0.39, 0.29) is 0 Å². The number of halogens is 1. The van der Waals surface area contributed by atoms with Gasteiger partial charge in [0.15, 0.2) is 10.3 Å². The second-order valence-corrected chi connectivity index (χ2v) is 5.39. The molecular formula is C12H14ClN3S. The summed E-state index contributed by atoms with van der Waals surface area (Å²) < 4.78 is 0. The zero-order chi connectivity index (χ0) is 12.1. The third-order valence-corrected chi connectivity index (χ3v) is 4.10. The van der Waals surface area contributed by atoms with Crippen molar-refractivity contribution in [2.45, 2.75) is 32.1 Å². The van der Waals surface area contributed by atoms with Gasteiger partial charge in [0.25, 0.3) is 0 Å². The van der Waals surface area contributed by atoms with Crippen LogP contribution in [0.3, 0.4) is 0 Å². The third kappa shape index (κ3) is 3.45. The third-order valence-electron chi connectivity index (χ3n) is 2.79. The van der Waals surface area contributed by atoms with Gasteiger partial charge in [-0.3, -0.25) is 0 Å².